The van der Waals surface area contributed by atoms with Crippen LogP contribution in [-0.4, -0.2) is 0 Å². The zero-order valence-electron chi connectivity index (χ0n) is 6.51. The number of allylic oxidation sites excluding steroid dienone is 8. The molecule has 2 heteroatoms. The van der Waals surface area contributed by atoms with Crippen LogP contribution in [-0.2, 0) is 0 Å². The summed E-state index contributed by atoms with van der Waals surface area (Å²) in [5, 5.41) is 0. The third-order valence-corrected chi connectivity index (χ3v) is 3.08. The lowest BCUT2D eigenvalue weighted by Crippen LogP contribution is -2.16. The zero-order valence-corrected chi connectivity index (χ0v) is 8.30. The van der Waals surface area contributed by atoms with Crippen molar-refractivity contribution in [2.75, 3.05) is 0 Å². The van der Waals surface area contributed by atoms with Gasteiger partial charge in [-0.05, 0) is 9.81 Å². The predicted octanol–water partition coefficient (Wildman–Crippen LogP) is 2.99. The molecule has 0 fully saturated rings. The summed E-state index contributed by atoms with van der Waals surface area (Å²) < 4.78 is 0. The van der Waals surface area contributed by atoms with Crippen molar-refractivity contribution in [2.45, 2.75) is 0 Å². The van der Waals surface area contributed by atoms with Crippen LogP contribution in [0.4, 0.5) is 0 Å². The molecule has 0 aromatic heterocycles. The monoisotopic (exact) mass is 194 g/mol. The van der Waals surface area contributed by atoms with Crippen molar-refractivity contribution in [1.82, 2.24) is 0 Å². The molecule has 0 nitrogen and oxygen atoms in total. The molecule has 2 aliphatic rings. The van der Waals surface area contributed by atoms with Crippen molar-refractivity contribution in [1.29, 1.82) is 0 Å². The van der Waals surface area contributed by atoms with Gasteiger partial charge in [0.1, 0.15) is 0 Å². The molecule has 2 aliphatic carbocycles. The molecule has 0 bridgehead atoms. The third kappa shape index (κ3) is 1.29. The molecule has 62 valence electrons. The minimum atomic E-state index is 0.367. The Labute approximate surface area is 83.6 Å². The minimum absolute atomic E-state index is 0.367. The fraction of sp³-hybridized carbons (Fsp3) is 0.200. The third-order valence-electron chi connectivity index (χ3n) is 2.22. The van der Waals surface area contributed by atoms with Crippen molar-refractivity contribution in [3.63, 3.8) is 0 Å². The smallest absolute Gasteiger partial charge is 0.0301 e. The molecule has 0 aromatic rings. The van der Waals surface area contributed by atoms with Gasteiger partial charge in [0.05, 0.1) is 0 Å². The molecule has 0 aromatic carbocycles. The summed E-state index contributed by atoms with van der Waals surface area (Å²) >= 11 is 8.86. The maximum absolute atomic E-state index is 4.43. The molecule has 0 saturated carbocycles. The van der Waals surface area contributed by atoms with Crippen molar-refractivity contribution in [3.05, 3.63) is 46.3 Å². The highest BCUT2D eigenvalue weighted by atomic mass is 32.1. The quantitative estimate of drug-likeness (QED) is 0.544. The van der Waals surface area contributed by atoms with Crippen LogP contribution in [0.1, 0.15) is 0 Å². The number of hydrogen-bond acceptors (Lipinski definition) is 2. The molecule has 0 heterocycles. The lowest BCUT2D eigenvalue weighted by atomic mass is 9.85. The fourth-order valence-corrected chi connectivity index (χ4v) is 2.50. The van der Waals surface area contributed by atoms with E-state index in [-0.39, 0.29) is 0 Å². The van der Waals surface area contributed by atoms with Gasteiger partial charge in [-0.3, -0.25) is 0 Å². The standard InChI is InChI=1S/C10H10S2/c11-8-5-1-3-7-4-2-6-9(12)10(7)8/h1-7,10-12H. The Hall–Kier alpha value is -0.340. The Morgan fingerprint density at radius 3 is 1.83 bits per heavy atom. The molecule has 0 unspecified atom stereocenters. The Kier molecular flexibility index (Phi) is 2.20. The second-order valence-electron chi connectivity index (χ2n) is 3.01. The van der Waals surface area contributed by atoms with E-state index in [9.17, 15) is 0 Å². The first-order valence-electron chi connectivity index (χ1n) is 3.94. The predicted molar refractivity (Wildman–Crippen MR) is 59.4 cm³/mol. The van der Waals surface area contributed by atoms with Crippen molar-refractivity contribution in [3.8, 4) is 0 Å². The zero-order chi connectivity index (χ0) is 8.55. The van der Waals surface area contributed by atoms with Crippen LogP contribution in [0.3, 0.4) is 0 Å². The molecule has 0 spiro atoms. The van der Waals surface area contributed by atoms with Crippen LogP contribution in [0.2, 0.25) is 0 Å². The van der Waals surface area contributed by atoms with Gasteiger partial charge in [-0.1, -0.05) is 36.5 Å². The van der Waals surface area contributed by atoms with Gasteiger partial charge in [0.2, 0.25) is 0 Å². The summed E-state index contributed by atoms with van der Waals surface area (Å²) in [4.78, 5) is 2.21. The highest BCUT2D eigenvalue weighted by Crippen LogP contribution is 2.38. The second-order valence-corrected chi connectivity index (χ2v) is 4.04. The highest BCUT2D eigenvalue weighted by Gasteiger charge is 2.25. The first-order chi connectivity index (χ1) is 5.79. The summed E-state index contributed by atoms with van der Waals surface area (Å²) in [5.41, 5.74) is 0. The van der Waals surface area contributed by atoms with E-state index in [2.05, 4.69) is 49.6 Å². The molecule has 0 aliphatic heterocycles. The number of rotatable bonds is 0. The first-order valence-corrected chi connectivity index (χ1v) is 4.83. The van der Waals surface area contributed by atoms with E-state index in [0.29, 0.717) is 11.8 Å². The number of thiol groups is 2. The Bertz CT molecular complexity index is 278. The van der Waals surface area contributed by atoms with Crippen LogP contribution in [0.15, 0.2) is 46.3 Å². The van der Waals surface area contributed by atoms with E-state index in [4.69, 9.17) is 0 Å². The lowest BCUT2D eigenvalue weighted by Gasteiger charge is -2.27. The van der Waals surface area contributed by atoms with Crippen LogP contribution in [0.5, 0.6) is 0 Å². The number of fused-ring (bicyclic) bond motifs is 1. The second kappa shape index (κ2) is 3.19. The molecule has 0 atom stereocenters. The SMILES string of the molecule is SC1=CC=CC2C=CC=C(S)C12. The van der Waals surface area contributed by atoms with E-state index in [1.807, 2.05) is 12.2 Å². The molecule has 0 saturated heterocycles. The summed E-state index contributed by atoms with van der Waals surface area (Å²) in [6.07, 6.45) is 12.6. The van der Waals surface area contributed by atoms with E-state index < -0.39 is 0 Å². The van der Waals surface area contributed by atoms with E-state index in [1.165, 1.54) is 0 Å². The average molecular weight is 194 g/mol. The van der Waals surface area contributed by atoms with Gasteiger partial charge in [0.25, 0.3) is 0 Å². The summed E-state index contributed by atoms with van der Waals surface area (Å²) in [5.74, 6) is 0.826. The highest BCUT2D eigenvalue weighted by molar-refractivity contribution is 7.85. The van der Waals surface area contributed by atoms with Crippen LogP contribution in [0, 0.1) is 11.8 Å². The summed E-state index contributed by atoms with van der Waals surface area (Å²) in [6, 6.07) is 0. The van der Waals surface area contributed by atoms with Gasteiger partial charge in [0.15, 0.2) is 0 Å². The van der Waals surface area contributed by atoms with Crippen molar-refractivity contribution < 1.29 is 0 Å². The van der Waals surface area contributed by atoms with Crippen molar-refractivity contribution in [2.24, 2.45) is 11.8 Å². The Balaban J connectivity index is 2.38. The van der Waals surface area contributed by atoms with Gasteiger partial charge in [-0.25, -0.2) is 0 Å². The molecule has 0 radical (unpaired) electrons. The number of hydrogen-bond donors (Lipinski definition) is 2. The fourth-order valence-electron chi connectivity index (χ4n) is 1.60. The van der Waals surface area contributed by atoms with Gasteiger partial charge < -0.3 is 0 Å². The van der Waals surface area contributed by atoms with Crippen LogP contribution >= 0.6 is 25.3 Å². The van der Waals surface area contributed by atoms with E-state index >= 15 is 0 Å². The average Bonchev–Trinajstić information content (AvgIpc) is 2.04. The summed E-state index contributed by atoms with van der Waals surface area (Å²) in [7, 11) is 0. The Morgan fingerprint density at radius 1 is 0.917 bits per heavy atom. The minimum Gasteiger partial charge on any atom is -0.147 e. The first kappa shape index (κ1) is 8.27. The molecular weight excluding hydrogens is 184 g/mol. The molecule has 2 rings (SSSR count). The topological polar surface area (TPSA) is 0 Å². The lowest BCUT2D eigenvalue weighted by molar-refractivity contribution is 0.643. The van der Waals surface area contributed by atoms with Gasteiger partial charge in [-0.15, -0.1) is 25.3 Å². The molecule has 0 amide bonds. The largest absolute Gasteiger partial charge is 0.147 e. The Morgan fingerprint density at radius 2 is 1.42 bits per heavy atom. The maximum Gasteiger partial charge on any atom is 0.0301 e. The molecular formula is C10H10S2. The molecule has 12 heavy (non-hydrogen) atoms. The van der Waals surface area contributed by atoms with Gasteiger partial charge in [-0.2, -0.15) is 0 Å². The van der Waals surface area contributed by atoms with Crippen LogP contribution in [0.25, 0.3) is 0 Å². The summed E-state index contributed by atoms with van der Waals surface area (Å²) in [6.45, 7) is 0. The van der Waals surface area contributed by atoms with E-state index in [1.54, 1.807) is 0 Å². The van der Waals surface area contributed by atoms with E-state index in [0.717, 1.165) is 9.81 Å². The van der Waals surface area contributed by atoms with Gasteiger partial charge in [0, 0.05) is 11.8 Å². The van der Waals surface area contributed by atoms with Crippen LogP contribution < -0.4 is 0 Å². The molecule has 0 N–H and O–H groups in total. The van der Waals surface area contributed by atoms with Gasteiger partial charge >= 0.3 is 0 Å². The normalized spacial score (nSPS) is 32.5. The maximum atomic E-state index is 4.43. The van der Waals surface area contributed by atoms with Crippen molar-refractivity contribution >= 4 is 25.3 Å².